The number of carbonyl (C=O) groups is 2. The Morgan fingerprint density at radius 2 is 2.00 bits per heavy atom. The highest BCUT2D eigenvalue weighted by atomic mass is 19.2. The van der Waals surface area contributed by atoms with Crippen LogP contribution < -0.4 is 0 Å². The molecule has 0 amide bonds. The molecular formula is C10H8F2O4. The Morgan fingerprint density at radius 1 is 1.38 bits per heavy atom. The maximum absolute atomic E-state index is 13.3. The molecule has 0 aliphatic carbocycles. The molecule has 0 atom stereocenters. The molecule has 0 aliphatic rings. The van der Waals surface area contributed by atoms with Gasteiger partial charge in [0.2, 0.25) is 0 Å². The Hall–Kier alpha value is -1.98. The van der Waals surface area contributed by atoms with Gasteiger partial charge in [-0.2, -0.15) is 0 Å². The summed E-state index contributed by atoms with van der Waals surface area (Å²) in [6.07, 6.45) is -0.784. The number of hydrogen-bond donors (Lipinski definition) is 1. The summed E-state index contributed by atoms with van der Waals surface area (Å²) in [5.74, 6) is -4.82. The van der Waals surface area contributed by atoms with Crippen LogP contribution in [0.4, 0.5) is 8.78 Å². The number of hydrogen-bond acceptors (Lipinski definition) is 3. The van der Waals surface area contributed by atoms with Crippen molar-refractivity contribution >= 4 is 11.9 Å². The quantitative estimate of drug-likeness (QED) is 0.796. The van der Waals surface area contributed by atoms with Crippen LogP contribution in [-0.2, 0) is 16.0 Å². The van der Waals surface area contributed by atoms with E-state index in [0.29, 0.717) is 0 Å². The molecule has 86 valence electrons. The average molecular weight is 230 g/mol. The average Bonchev–Trinajstić information content (AvgIpc) is 2.23. The molecule has 1 aromatic rings. The summed E-state index contributed by atoms with van der Waals surface area (Å²) in [5.41, 5.74) is -0.803. The van der Waals surface area contributed by atoms with E-state index in [2.05, 4.69) is 4.74 Å². The van der Waals surface area contributed by atoms with Gasteiger partial charge in [-0.25, -0.2) is 13.6 Å². The van der Waals surface area contributed by atoms with Crippen LogP contribution in [0.5, 0.6) is 0 Å². The Kier molecular flexibility index (Phi) is 3.55. The van der Waals surface area contributed by atoms with Crippen LogP contribution in [0.1, 0.15) is 15.9 Å². The summed E-state index contributed by atoms with van der Waals surface area (Å²) in [6.45, 7) is 0. The van der Waals surface area contributed by atoms with Crippen molar-refractivity contribution in [2.45, 2.75) is 6.42 Å². The van der Waals surface area contributed by atoms with Gasteiger partial charge in [0.05, 0.1) is 19.1 Å². The molecule has 1 rings (SSSR count). The fraction of sp³-hybridized carbons (Fsp3) is 0.200. The maximum Gasteiger partial charge on any atom is 0.338 e. The first-order valence-corrected chi connectivity index (χ1v) is 4.24. The molecule has 1 aromatic carbocycles. The van der Waals surface area contributed by atoms with Crippen molar-refractivity contribution in [2.75, 3.05) is 7.11 Å². The second-order valence-corrected chi connectivity index (χ2v) is 2.95. The van der Waals surface area contributed by atoms with E-state index >= 15 is 0 Å². The van der Waals surface area contributed by atoms with Gasteiger partial charge in [0.1, 0.15) is 0 Å². The van der Waals surface area contributed by atoms with Crippen LogP contribution in [-0.4, -0.2) is 24.2 Å². The first kappa shape index (κ1) is 12.1. The lowest BCUT2D eigenvalue weighted by Gasteiger charge is -2.07. The van der Waals surface area contributed by atoms with E-state index in [4.69, 9.17) is 5.11 Å². The molecule has 4 nitrogen and oxygen atoms in total. The Bertz CT molecular complexity index is 443. The third-order valence-electron chi connectivity index (χ3n) is 1.93. The van der Waals surface area contributed by atoms with E-state index < -0.39 is 35.6 Å². The third-order valence-corrected chi connectivity index (χ3v) is 1.93. The molecule has 0 aromatic heterocycles. The van der Waals surface area contributed by atoms with Crippen molar-refractivity contribution in [3.8, 4) is 0 Å². The van der Waals surface area contributed by atoms with Gasteiger partial charge in [-0.1, -0.05) is 0 Å². The molecule has 0 unspecified atom stereocenters. The number of esters is 1. The number of rotatable bonds is 3. The number of methoxy groups -OCH3 is 1. The van der Waals surface area contributed by atoms with Crippen molar-refractivity contribution in [1.82, 2.24) is 0 Å². The van der Waals surface area contributed by atoms with Crippen LogP contribution in [0.3, 0.4) is 0 Å². The standard InChI is InChI=1S/C10H8F2O4/c1-16-10(15)5-2-3-7(11)9(12)6(5)4-8(13)14/h2-3H,4H2,1H3,(H,13,14). The van der Waals surface area contributed by atoms with Gasteiger partial charge in [0.15, 0.2) is 11.6 Å². The molecular weight excluding hydrogens is 222 g/mol. The molecule has 0 saturated heterocycles. The fourth-order valence-corrected chi connectivity index (χ4v) is 1.22. The summed E-state index contributed by atoms with van der Waals surface area (Å²) in [5, 5.41) is 8.52. The second-order valence-electron chi connectivity index (χ2n) is 2.95. The highest BCUT2D eigenvalue weighted by Crippen LogP contribution is 2.18. The van der Waals surface area contributed by atoms with Gasteiger partial charge in [0.25, 0.3) is 0 Å². The van der Waals surface area contributed by atoms with Crippen molar-refractivity contribution < 1.29 is 28.2 Å². The number of ether oxygens (including phenoxy) is 1. The van der Waals surface area contributed by atoms with E-state index in [9.17, 15) is 18.4 Å². The monoisotopic (exact) mass is 230 g/mol. The molecule has 0 aliphatic heterocycles. The second kappa shape index (κ2) is 4.69. The lowest BCUT2D eigenvalue weighted by atomic mass is 10.0. The number of carboxylic acids is 1. The molecule has 0 radical (unpaired) electrons. The van der Waals surface area contributed by atoms with Crippen LogP contribution in [0, 0.1) is 11.6 Å². The first-order valence-electron chi connectivity index (χ1n) is 4.24. The lowest BCUT2D eigenvalue weighted by Crippen LogP contribution is -2.12. The highest BCUT2D eigenvalue weighted by Gasteiger charge is 2.20. The molecule has 0 saturated carbocycles. The molecule has 6 heteroatoms. The van der Waals surface area contributed by atoms with E-state index in [1.54, 1.807) is 0 Å². The largest absolute Gasteiger partial charge is 0.481 e. The summed E-state index contributed by atoms with van der Waals surface area (Å²) in [7, 11) is 1.06. The van der Waals surface area contributed by atoms with Gasteiger partial charge in [-0.05, 0) is 12.1 Å². The van der Waals surface area contributed by atoms with Gasteiger partial charge >= 0.3 is 11.9 Å². The molecule has 0 spiro atoms. The molecule has 0 heterocycles. The van der Waals surface area contributed by atoms with Gasteiger partial charge < -0.3 is 9.84 Å². The van der Waals surface area contributed by atoms with Crippen LogP contribution in [0.2, 0.25) is 0 Å². The zero-order valence-electron chi connectivity index (χ0n) is 8.29. The van der Waals surface area contributed by atoms with Crippen LogP contribution in [0.15, 0.2) is 12.1 Å². The fourth-order valence-electron chi connectivity index (χ4n) is 1.22. The minimum Gasteiger partial charge on any atom is -0.481 e. The van der Waals surface area contributed by atoms with E-state index in [1.807, 2.05) is 0 Å². The van der Waals surface area contributed by atoms with E-state index in [1.165, 1.54) is 0 Å². The zero-order valence-corrected chi connectivity index (χ0v) is 8.29. The number of carbonyl (C=O) groups excluding carboxylic acids is 1. The SMILES string of the molecule is COC(=O)c1ccc(F)c(F)c1CC(=O)O. The number of halogens is 2. The van der Waals surface area contributed by atoms with Crippen LogP contribution >= 0.6 is 0 Å². The number of benzene rings is 1. The maximum atomic E-state index is 13.3. The molecule has 0 fully saturated rings. The molecule has 16 heavy (non-hydrogen) atoms. The molecule has 0 bridgehead atoms. The first-order chi connectivity index (χ1) is 7.47. The smallest absolute Gasteiger partial charge is 0.338 e. The van der Waals surface area contributed by atoms with E-state index in [-0.39, 0.29) is 5.56 Å². The normalized spacial score (nSPS) is 9.94. The van der Waals surface area contributed by atoms with Gasteiger partial charge in [-0.15, -0.1) is 0 Å². The van der Waals surface area contributed by atoms with Crippen molar-refractivity contribution in [1.29, 1.82) is 0 Å². The zero-order chi connectivity index (χ0) is 12.3. The Balaban J connectivity index is 3.32. The summed E-state index contributed by atoms with van der Waals surface area (Å²) < 4.78 is 30.5. The Morgan fingerprint density at radius 3 is 2.50 bits per heavy atom. The summed E-state index contributed by atoms with van der Waals surface area (Å²) in [6, 6.07) is 1.73. The predicted octanol–water partition coefficient (Wildman–Crippen LogP) is 1.38. The summed E-state index contributed by atoms with van der Waals surface area (Å²) >= 11 is 0. The summed E-state index contributed by atoms with van der Waals surface area (Å²) in [4.78, 5) is 21.6. The minimum atomic E-state index is -1.37. The van der Waals surface area contributed by atoms with Crippen molar-refractivity contribution in [2.24, 2.45) is 0 Å². The highest BCUT2D eigenvalue weighted by molar-refractivity contribution is 5.92. The topological polar surface area (TPSA) is 63.6 Å². The number of carboxylic acid groups (broad SMARTS) is 1. The minimum absolute atomic E-state index is 0.288. The lowest BCUT2D eigenvalue weighted by molar-refractivity contribution is -0.136. The van der Waals surface area contributed by atoms with Gasteiger partial charge in [-0.3, -0.25) is 4.79 Å². The van der Waals surface area contributed by atoms with Crippen molar-refractivity contribution in [3.63, 3.8) is 0 Å². The van der Waals surface area contributed by atoms with Crippen molar-refractivity contribution in [3.05, 3.63) is 34.9 Å². The van der Waals surface area contributed by atoms with Gasteiger partial charge in [0, 0.05) is 5.56 Å². The van der Waals surface area contributed by atoms with E-state index in [0.717, 1.165) is 19.2 Å². The third kappa shape index (κ3) is 2.33. The number of aliphatic carboxylic acids is 1. The Labute approximate surface area is 89.5 Å². The molecule has 1 N–H and O–H groups in total. The van der Waals surface area contributed by atoms with Crippen LogP contribution in [0.25, 0.3) is 0 Å². The predicted molar refractivity (Wildman–Crippen MR) is 49.0 cm³/mol.